The van der Waals surface area contributed by atoms with E-state index < -0.39 is 0 Å². The maximum Gasteiger partial charge on any atom is 0.267 e. The fraction of sp³-hybridized carbons (Fsp3) is 0.778. The SMILES string of the molecule is O=c1cc2c(nn1CC1CCCN1CC1CCOCC1)CCC2. The second-order valence-electron chi connectivity index (χ2n) is 7.34. The monoisotopic (exact) mass is 317 g/mol. The average molecular weight is 317 g/mol. The summed E-state index contributed by atoms with van der Waals surface area (Å²) in [6, 6.07) is 2.30. The van der Waals surface area contributed by atoms with Gasteiger partial charge in [-0.2, -0.15) is 5.10 Å². The van der Waals surface area contributed by atoms with Gasteiger partial charge in [0.2, 0.25) is 0 Å². The van der Waals surface area contributed by atoms with Crippen LogP contribution in [0.1, 0.15) is 43.4 Å². The van der Waals surface area contributed by atoms with Crippen molar-refractivity contribution in [2.45, 2.75) is 57.5 Å². The molecule has 126 valence electrons. The zero-order chi connectivity index (χ0) is 15.6. The van der Waals surface area contributed by atoms with Crippen molar-refractivity contribution in [1.29, 1.82) is 0 Å². The van der Waals surface area contributed by atoms with Crippen LogP contribution in [0.5, 0.6) is 0 Å². The van der Waals surface area contributed by atoms with Crippen molar-refractivity contribution in [1.82, 2.24) is 14.7 Å². The molecule has 5 heteroatoms. The van der Waals surface area contributed by atoms with E-state index in [-0.39, 0.29) is 5.56 Å². The summed E-state index contributed by atoms with van der Waals surface area (Å²) in [6.45, 7) is 4.91. The molecule has 2 aliphatic heterocycles. The van der Waals surface area contributed by atoms with Crippen LogP contribution in [0.4, 0.5) is 0 Å². The normalized spacial score (nSPS) is 25.8. The minimum absolute atomic E-state index is 0.0866. The van der Waals surface area contributed by atoms with E-state index in [0.717, 1.165) is 57.2 Å². The predicted octanol–water partition coefficient (Wildman–Crippen LogP) is 1.62. The lowest BCUT2D eigenvalue weighted by atomic mass is 9.99. The number of hydrogen-bond acceptors (Lipinski definition) is 4. The van der Waals surface area contributed by atoms with Gasteiger partial charge in [0.05, 0.1) is 12.2 Å². The van der Waals surface area contributed by atoms with Gasteiger partial charge in [0, 0.05) is 31.9 Å². The van der Waals surface area contributed by atoms with Gasteiger partial charge in [-0.05, 0) is 63.0 Å². The Hall–Kier alpha value is -1.20. The van der Waals surface area contributed by atoms with E-state index in [4.69, 9.17) is 4.74 Å². The molecular formula is C18H27N3O2. The van der Waals surface area contributed by atoms with Crippen LogP contribution in [-0.2, 0) is 24.1 Å². The third kappa shape index (κ3) is 3.36. The van der Waals surface area contributed by atoms with Crippen LogP contribution in [0.25, 0.3) is 0 Å². The van der Waals surface area contributed by atoms with E-state index in [0.29, 0.717) is 6.04 Å². The van der Waals surface area contributed by atoms with Gasteiger partial charge in [-0.3, -0.25) is 9.69 Å². The largest absolute Gasteiger partial charge is 0.381 e. The quantitative estimate of drug-likeness (QED) is 0.847. The molecule has 0 saturated carbocycles. The standard InChI is InChI=1S/C18H27N3O2/c22-18-11-15-3-1-5-17(15)19-21(18)13-16-4-2-8-20(16)12-14-6-9-23-10-7-14/h11,14,16H,1-10,12-13H2. The van der Waals surface area contributed by atoms with Gasteiger partial charge < -0.3 is 4.74 Å². The second-order valence-corrected chi connectivity index (χ2v) is 7.34. The summed E-state index contributed by atoms with van der Waals surface area (Å²) in [7, 11) is 0. The molecule has 3 aliphatic rings. The summed E-state index contributed by atoms with van der Waals surface area (Å²) in [4.78, 5) is 14.9. The average Bonchev–Trinajstić information content (AvgIpc) is 3.18. The Kier molecular flexibility index (Phi) is 4.49. The zero-order valence-corrected chi connectivity index (χ0v) is 13.9. The molecule has 0 N–H and O–H groups in total. The highest BCUT2D eigenvalue weighted by atomic mass is 16.5. The molecule has 1 unspecified atom stereocenters. The molecule has 0 amide bonds. The van der Waals surface area contributed by atoms with Crippen LogP contribution in [0.2, 0.25) is 0 Å². The fourth-order valence-electron chi connectivity index (χ4n) is 4.37. The summed E-state index contributed by atoms with van der Waals surface area (Å²) in [5, 5.41) is 4.66. The van der Waals surface area contributed by atoms with Gasteiger partial charge in [0.25, 0.3) is 5.56 Å². The minimum Gasteiger partial charge on any atom is -0.381 e. The van der Waals surface area contributed by atoms with E-state index in [2.05, 4.69) is 10.00 Å². The summed E-state index contributed by atoms with van der Waals surface area (Å²) >= 11 is 0. The number of aromatic nitrogens is 2. The Morgan fingerprint density at radius 2 is 2.00 bits per heavy atom. The first-order valence-corrected chi connectivity index (χ1v) is 9.21. The summed E-state index contributed by atoms with van der Waals surface area (Å²) in [5.74, 6) is 0.758. The molecule has 1 atom stereocenters. The highest BCUT2D eigenvalue weighted by Gasteiger charge is 2.28. The van der Waals surface area contributed by atoms with Gasteiger partial charge in [0.1, 0.15) is 0 Å². The predicted molar refractivity (Wildman–Crippen MR) is 88.7 cm³/mol. The number of fused-ring (bicyclic) bond motifs is 1. The summed E-state index contributed by atoms with van der Waals surface area (Å²) < 4.78 is 7.20. The first kappa shape index (κ1) is 15.3. The zero-order valence-electron chi connectivity index (χ0n) is 13.9. The van der Waals surface area contributed by atoms with Crippen LogP contribution in [0.15, 0.2) is 10.9 Å². The van der Waals surface area contributed by atoms with Gasteiger partial charge >= 0.3 is 0 Å². The van der Waals surface area contributed by atoms with Gasteiger partial charge in [-0.25, -0.2) is 4.68 Å². The maximum atomic E-state index is 12.3. The first-order chi connectivity index (χ1) is 11.3. The van der Waals surface area contributed by atoms with Crippen LogP contribution in [0, 0.1) is 5.92 Å². The van der Waals surface area contributed by atoms with Crippen molar-refractivity contribution in [3.63, 3.8) is 0 Å². The summed E-state index contributed by atoms with van der Waals surface area (Å²) in [6.07, 6.45) is 8.00. The fourth-order valence-corrected chi connectivity index (χ4v) is 4.37. The van der Waals surface area contributed by atoms with Crippen molar-refractivity contribution >= 4 is 0 Å². The first-order valence-electron chi connectivity index (χ1n) is 9.21. The Bertz CT molecular complexity index is 607. The Labute approximate surface area is 137 Å². The van der Waals surface area contributed by atoms with E-state index in [1.54, 1.807) is 4.68 Å². The summed E-state index contributed by atoms with van der Waals surface area (Å²) in [5.41, 5.74) is 2.42. The van der Waals surface area contributed by atoms with Crippen LogP contribution in [-0.4, -0.2) is 47.0 Å². The number of ether oxygens (including phenoxy) is 1. The van der Waals surface area contributed by atoms with Crippen molar-refractivity contribution in [2.75, 3.05) is 26.3 Å². The third-order valence-electron chi connectivity index (χ3n) is 5.74. The van der Waals surface area contributed by atoms with E-state index in [1.807, 2.05) is 6.07 Å². The van der Waals surface area contributed by atoms with E-state index in [1.165, 1.54) is 37.8 Å². The highest BCUT2D eigenvalue weighted by Crippen LogP contribution is 2.24. The molecule has 2 saturated heterocycles. The number of hydrogen-bond donors (Lipinski definition) is 0. The van der Waals surface area contributed by atoms with E-state index in [9.17, 15) is 4.79 Å². The van der Waals surface area contributed by atoms with Crippen LogP contribution in [0.3, 0.4) is 0 Å². The number of nitrogens with zero attached hydrogens (tertiary/aromatic N) is 3. The molecule has 0 spiro atoms. The lowest BCUT2D eigenvalue weighted by Crippen LogP contribution is -2.40. The Balaban J connectivity index is 1.44. The smallest absolute Gasteiger partial charge is 0.267 e. The lowest BCUT2D eigenvalue weighted by molar-refractivity contribution is 0.0493. The molecule has 0 aromatic carbocycles. The van der Waals surface area contributed by atoms with Gasteiger partial charge in [0.15, 0.2) is 0 Å². The molecule has 0 radical (unpaired) electrons. The van der Waals surface area contributed by atoms with Crippen LogP contribution >= 0.6 is 0 Å². The molecule has 2 fully saturated rings. The van der Waals surface area contributed by atoms with Crippen molar-refractivity contribution in [3.05, 3.63) is 27.7 Å². The molecule has 4 rings (SSSR count). The Morgan fingerprint density at radius 1 is 1.13 bits per heavy atom. The van der Waals surface area contributed by atoms with Gasteiger partial charge in [-0.1, -0.05) is 0 Å². The topological polar surface area (TPSA) is 47.4 Å². The molecule has 1 aliphatic carbocycles. The maximum absolute atomic E-state index is 12.3. The van der Waals surface area contributed by atoms with Crippen LogP contribution < -0.4 is 5.56 Å². The highest BCUT2D eigenvalue weighted by molar-refractivity contribution is 5.22. The molecule has 5 nitrogen and oxygen atoms in total. The van der Waals surface area contributed by atoms with Gasteiger partial charge in [-0.15, -0.1) is 0 Å². The molecule has 0 bridgehead atoms. The third-order valence-corrected chi connectivity index (χ3v) is 5.74. The van der Waals surface area contributed by atoms with E-state index >= 15 is 0 Å². The Morgan fingerprint density at radius 3 is 2.87 bits per heavy atom. The number of rotatable bonds is 4. The minimum atomic E-state index is 0.0866. The molecule has 1 aromatic rings. The van der Waals surface area contributed by atoms with Crippen molar-refractivity contribution in [2.24, 2.45) is 5.92 Å². The molecular weight excluding hydrogens is 290 g/mol. The lowest BCUT2D eigenvalue weighted by Gasteiger charge is -2.31. The number of likely N-dealkylation sites (tertiary alicyclic amines) is 1. The van der Waals surface area contributed by atoms with Crippen molar-refractivity contribution < 1.29 is 4.74 Å². The molecule has 23 heavy (non-hydrogen) atoms. The second kappa shape index (κ2) is 6.73. The van der Waals surface area contributed by atoms with Crippen molar-refractivity contribution in [3.8, 4) is 0 Å². The number of aryl methyl sites for hydroxylation is 2. The molecule has 1 aromatic heterocycles. The molecule has 3 heterocycles.